The van der Waals surface area contributed by atoms with Crippen LogP contribution < -0.4 is 0 Å². The van der Waals surface area contributed by atoms with Gasteiger partial charge >= 0.3 is 5.97 Å². The number of hydrogen-bond donors (Lipinski definition) is 1. The Morgan fingerprint density at radius 2 is 2.42 bits per heavy atom. The molecular weight excluding hydrogens is 246 g/mol. The molecule has 3 unspecified atom stereocenters. The quantitative estimate of drug-likeness (QED) is 0.862. The third-order valence-corrected chi connectivity index (χ3v) is 3.96. The number of aliphatic carboxylic acids is 1. The lowest BCUT2D eigenvalue weighted by Crippen LogP contribution is -2.41. The van der Waals surface area contributed by atoms with Crippen LogP contribution in [0, 0.1) is 5.92 Å². The highest BCUT2D eigenvalue weighted by atomic mass is 16.5. The molecule has 0 spiro atoms. The summed E-state index contributed by atoms with van der Waals surface area (Å²) < 4.78 is 7.20. The summed E-state index contributed by atoms with van der Waals surface area (Å²) in [5, 5.41) is 13.5. The zero-order chi connectivity index (χ0) is 14.0. The first-order valence-electron chi connectivity index (χ1n) is 6.59. The molecule has 19 heavy (non-hydrogen) atoms. The van der Waals surface area contributed by atoms with Gasteiger partial charge in [0.05, 0.1) is 25.3 Å². The van der Waals surface area contributed by atoms with E-state index < -0.39 is 11.9 Å². The number of aromatic nitrogens is 2. The Bertz CT molecular complexity index is 446. The van der Waals surface area contributed by atoms with E-state index in [-0.39, 0.29) is 12.1 Å². The molecule has 0 amide bonds. The molecule has 1 aromatic rings. The summed E-state index contributed by atoms with van der Waals surface area (Å²) in [4.78, 5) is 13.3. The predicted molar refractivity (Wildman–Crippen MR) is 69.8 cm³/mol. The Morgan fingerprint density at radius 1 is 1.68 bits per heavy atom. The van der Waals surface area contributed by atoms with Crippen LogP contribution in [0.4, 0.5) is 0 Å². The van der Waals surface area contributed by atoms with E-state index >= 15 is 0 Å². The van der Waals surface area contributed by atoms with Crippen LogP contribution in [0.15, 0.2) is 12.4 Å². The first-order valence-corrected chi connectivity index (χ1v) is 6.59. The molecule has 1 N–H and O–H groups in total. The van der Waals surface area contributed by atoms with E-state index in [1.807, 2.05) is 31.0 Å². The smallest absolute Gasteiger partial charge is 0.310 e. The van der Waals surface area contributed by atoms with Gasteiger partial charge in [-0.1, -0.05) is 0 Å². The van der Waals surface area contributed by atoms with Crippen LogP contribution >= 0.6 is 0 Å². The van der Waals surface area contributed by atoms with E-state index in [9.17, 15) is 9.90 Å². The number of carbonyl (C=O) groups is 1. The van der Waals surface area contributed by atoms with E-state index in [2.05, 4.69) is 16.9 Å². The van der Waals surface area contributed by atoms with E-state index in [1.165, 1.54) is 0 Å². The molecule has 0 bridgehead atoms. The Labute approximate surface area is 113 Å². The third-order valence-electron chi connectivity index (χ3n) is 3.96. The summed E-state index contributed by atoms with van der Waals surface area (Å²) >= 11 is 0. The number of ether oxygens (including phenoxy) is 1. The van der Waals surface area contributed by atoms with Crippen molar-refractivity contribution in [2.45, 2.75) is 32.5 Å². The first kappa shape index (κ1) is 14.0. The number of hydrogen-bond acceptors (Lipinski definition) is 4. The van der Waals surface area contributed by atoms with Crippen molar-refractivity contribution in [3.05, 3.63) is 18.0 Å². The molecule has 6 nitrogen and oxygen atoms in total. The van der Waals surface area contributed by atoms with Crippen LogP contribution in [0.3, 0.4) is 0 Å². The molecule has 3 atom stereocenters. The maximum atomic E-state index is 11.2. The molecule has 1 aliphatic rings. The molecule has 2 heterocycles. The average Bonchev–Trinajstić information content (AvgIpc) is 3.05. The zero-order valence-corrected chi connectivity index (χ0v) is 11.6. The van der Waals surface area contributed by atoms with Gasteiger partial charge in [0, 0.05) is 30.4 Å². The summed E-state index contributed by atoms with van der Waals surface area (Å²) in [7, 11) is 1.95. The molecule has 2 rings (SSSR count). The highest BCUT2D eigenvalue weighted by molar-refractivity contribution is 5.71. The molecule has 1 aliphatic heterocycles. The fourth-order valence-corrected chi connectivity index (χ4v) is 2.47. The van der Waals surface area contributed by atoms with E-state index in [0.717, 1.165) is 12.1 Å². The van der Waals surface area contributed by atoms with Crippen molar-refractivity contribution in [3.8, 4) is 0 Å². The topological polar surface area (TPSA) is 67.6 Å². The molecule has 6 heteroatoms. The molecule has 1 fully saturated rings. The summed E-state index contributed by atoms with van der Waals surface area (Å²) in [5.74, 6) is -1.24. The summed E-state index contributed by atoms with van der Waals surface area (Å²) in [6.07, 6.45) is 3.85. The van der Waals surface area contributed by atoms with Crippen molar-refractivity contribution in [3.63, 3.8) is 0 Å². The number of carboxylic acid groups (broad SMARTS) is 1. The second kappa shape index (κ2) is 5.71. The standard InChI is InChI=1S/C13H21N3O3/c1-4-16-6-10(5-14-16)9(2)15(3)12-8-19-7-11(12)13(17)18/h5-6,9,11-12H,4,7-8H2,1-3H3,(H,17,18). The highest BCUT2D eigenvalue weighted by Crippen LogP contribution is 2.27. The second-order valence-corrected chi connectivity index (χ2v) is 5.02. The van der Waals surface area contributed by atoms with Crippen LogP contribution in [0.1, 0.15) is 25.5 Å². The normalized spacial score (nSPS) is 24.8. The maximum absolute atomic E-state index is 11.2. The van der Waals surface area contributed by atoms with Crippen molar-refractivity contribution < 1.29 is 14.6 Å². The molecule has 0 aliphatic carbocycles. The molecule has 1 aromatic heterocycles. The number of nitrogens with zero attached hydrogens (tertiary/aromatic N) is 3. The largest absolute Gasteiger partial charge is 0.481 e. The van der Waals surface area contributed by atoms with Crippen LogP contribution in [0.25, 0.3) is 0 Å². The average molecular weight is 267 g/mol. The van der Waals surface area contributed by atoms with Crippen molar-refractivity contribution in [2.24, 2.45) is 5.92 Å². The van der Waals surface area contributed by atoms with Crippen molar-refractivity contribution in [1.82, 2.24) is 14.7 Å². The fraction of sp³-hybridized carbons (Fsp3) is 0.692. The lowest BCUT2D eigenvalue weighted by atomic mass is 10.00. The number of rotatable bonds is 5. The monoisotopic (exact) mass is 267 g/mol. The molecular formula is C13H21N3O3. The third kappa shape index (κ3) is 2.79. The van der Waals surface area contributed by atoms with Gasteiger partial charge < -0.3 is 9.84 Å². The van der Waals surface area contributed by atoms with Crippen LogP contribution in [0.2, 0.25) is 0 Å². The van der Waals surface area contributed by atoms with Crippen LogP contribution in [-0.4, -0.2) is 52.1 Å². The highest BCUT2D eigenvalue weighted by Gasteiger charge is 2.38. The van der Waals surface area contributed by atoms with Crippen molar-refractivity contribution in [2.75, 3.05) is 20.3 Å². The van der Waals surface area contributed by atoms with Gasteiger partial charge in [0.15, 0.2) is 0 Å². The first-order chi connectivity index (χ1) is 9.04. The van der Waals surface area contributed by atoms with E-state index in [4.69, 9.17) is 4.74 Å². The number of carboxylic acids is 1. The Kier molecular flexibility index (Phi) is 4.21. The van der Waals surface area contributed by atoms with Crippen LogP contribution in [-0.2, 0) is 16.1 Å². The van der Waals surface area contributed by atoms with E-state index in [0.29, 0.717) is 13.2 Å². The molecule has 0 aromatic carbocycles. The van der Waals surface area contributed by atoms with Crippen LogP contribution in [0.5, 0.6) is 0 Å². The summed E-state index contributed by atoms with van der Waals surface area (Å²) in [6, 6.07) is 0.0336. The van der Waals surface area contributed by atoms with Gasteiger partial charge in [0.2, 0.25) is 0 Å². The van der Waals surface area contributed by atoms with Gasteiger partial charge in [-0.25, -0.2) is 0 Å². The lowest BCUT2D eigenvalue weighted by Gasteiger charge is -2.31. The fourth-order valence-electron chi connectivity index (χ4n) is 2.47. The molecule has 1 saturated heterocycles. The predicted octanol–water partition coefficient (Wildman–Crippen LogP) is 0.995. The summed E-state index contributed by atoms with van der Waals surface area (Å²) in [6.45, 7) is 5.70. The number of aryl methyl sites for hydroxylation is 1. The lowest BCUT2D eigenvalue weighted by molar-refractivity contribution is -0.143. The van der Waals surface area contributed by atoms with Crippen molar-refractivity contribution >= 4 is 5.97 Å². The molecule has 106 valence electrons. The number of likely N-dealkylation sites (N-methyl/N-ethyl adjacent to an activating group) is 1. The van der Waals surface area contributed by atoms with Gasteiger partial charge in [-0.05, 0) is 20.9 Å². The van der Waals surface area contributed by atoms with E-state index in [1.54, 1.807) is 0 Å². The van der Waals surface area contributed by atoms with Gasteiger partial charge in [0.25, 0.3) is 0 Å². The Hall–Kier alpha value is -1.40. The van der Waals surface area contributed by atoms with Gasteiger partial charge in [-0.15, -0.1) is 0 Å². The molecule has 0 radical (unpaired) electrons. The minimum Gasteiger partial charge on any atom is -0.481 e. The SMILES string of the molecule is CCn1cc(C(C)N(C)C2COCC2C(=O)O)cn1. The molecule has 0 saturated carbocycles. The second-order valence-electron chi connectivity index (χ2n) is 5.02. The zero-order valence-electron chi connectivity index (χ0n) is 11.6. The minimum absolute atomic E-state index is 0.0857. The summed E-state index contributed by atoms with van der Waals surface area (Å²) in [5.41, 5.74) is 1.10. The van der Waals surface area contributed by atoms with Gasteiger partial charge in [0.1, 0.15) is 0 Å². The minimum atomic E-state index is -0.786. The van der Waals surface area contributed by atoms with Crippen molar-refractivity contribution in [1.29, 1.82) is 0 Å². The maximum Gasteiger partial charge on any atom is 0.310 e. The van der Waals surface area contributed by atoms with Gasteiger partial charge in [-0.2, -0.15) is 5.10 Å². The Balaban J connectivity index is 2.09. The van der Waals surface area contributed by atoms with Gasteiger partial charge in [-0.3, -0.25) is 14.4 Å². The Morgan fingerprint density at radius 3 is 3.00 bits per heavy atom.